The second-order valence-electron chi connectivity index (χ2n) is 4.23. The molecule has 0 fully saturated rings. The average molecular weight is 222 g/mol. The number of aliphatic hydroxyl groups is 1. The zero-order valence-electron chi connectivity index (χ0n) is 9.36. The molecule has 82 valence electrons. The maximum absolute atomic E-state index is 9.52. The lowest BCUT2D eigenvalue weighted by atomic mass is 10.0. The number of benzene rings is 1. The summed E-state index contributed by atoms with van der Waals surface area (Å²) in [7, 11) is 0. The molecule has 1 aliphatic rings. The topological polar surface area (TPSA) is 20.2 Å². The SMILES string of the molecule is CCC1CCc2cc(C(C)O)ccc2S1. The Morgan fingerprint density at radius 3 is 3.00 bits per heavy atom. The molecule has 0 spiro atoms. The molecule has 0 saturated heterocycles. The van der Waals surface area contributed by atoms with Crippen molar-refractivity contribution in [2.45, 2.75) is 49.4 Å². The summed E-state index contributed by atoms with van der Waals surface area (Å²) >= 11 is 2.00. The summed E-state index contributed by atoms with van der Waals surface area (Å²) in [5.41, 5.74) is 2.47. The van der Waals surface area contributed by atoms with Gasteiger partial charge in [0.1, 0.15) is 0 Å². The van der Waals surface area contributed by atoms with Gasteiger partial charge >= 0.3 is 0 Å². The van der Waals surface area contributed by atoms with Crippen molar-refractivity contribution < 1.29 is 5.11 Å². The summed E-state index contributed by atoms with van der Waals surface area (Å²) in [6.45, 7) is 4.08. The van der Waals surface area contributed by atoms with E-state index in [1.54, 1.807) is 0 Å². The first-order chi connectivity index (χ1) is 7.20. The van der Waals surface area contributed by atoms with Crippen molar-refractivity contribution in [3.05, 3.63) is 29.3 Å². The lowest BCUT2D eigenvalue weighted by Gasteiger charge is -2.23. The average Bonchev–Trinajstić information content (AvgIpc) is 2.27. The van der Waals surface area contributed by atoms with E-state index in [0.29, 0.717) is 0 Å². The predicted molar refractivity (Wildman–Crippen MR) is 65.3 cm³/mol. The van der Waals surface area contributed by atoms with Gasteiger partial charge in [0.05, 0.1) is 6.10 Å². The minimum atomic E-state index is -0.343. The summed E-state index contributed by atoms with van der Waals surface area (Å²) in [6, 6.07) is 6.39. The second kappa shape index (κ2) is 4.58. The highest BCUT2D eigenvalue weighted by molar-refractivity contribution is 8.00. The molecule has 1 aromatic rings. The Morgan fingerprint density at radius 2 is 2.33 bits per heavy atom. The third kappa shape index (κ3) is 2.37. The lowest BCUT2D eigenvalue weighted by molar-refractivity contribution is 0.199. The van der Waals surface area contributed by atoms with Crippen LogP contribution in [0, 0.1) is 0 Å². The van der Waals surface area contributed by atoms with Crippen LogP contribution in [-0.4, -0.2) is 10.4 Å². The van der Waals surface area contributed by atoms with Gasteiger partial charge in [-0.25, -0.2) is 0 Å². The molecule has 1 nitrogen and oxygen atoms in total. The fraction of sp³-hybridized carbons (Fsp3) is 0.538. The molecule has 2 atom stereocenters. The van der Waals surface area contributed by atoms with Crippen LogP contribution in [-0.2, 0) is 6.42 Å². The van der Waals surface area contributed by atoms with Crippen LogP contribution in [0.1, 0.15) is 43.9 Å². The zero-order chi connectivity index (χ0) is 10.8. The second-order valence-corrected chi connectivity index (χ2v) is 5.57. The smallest absolute Gasteiger partial charge is 0.0762 e. The summed E-state index contributed by atoms with van der Waals surface area (Å²) < 4.78 is 0. The van der Waals surface area contributed by atoms with Crippen LogP contribution in [0.15, 0.2) is 23.1 Å². The number of aryl methyl sites for hydroxylation is 1. The van der Waals surface area contributed by atoms with E-state index in [-0.39, 0.29) is 6.10 Å². The number of thioether (sulfide) groups is 1. The van der Waals surface area contributed by atoms with Gasteiger partial charge in [-0.2, -0.15) is 0 Å². The van der Waals surface area contributed by atoms with E-state index in [0.717, 1.165) is 10.8 Å². The van der Waals surface area contributed by atoms with Gasteiger partial charge in [0.25, 0.3) is 0 Å². The third-order valence-electron chi connectivity index (χ3n) is 3.05. The van der Waals surface area contributed by atoms with Crippen LogP contribution in [0.2, 0.25) is 0 Å². The fourth-order valence-electron chi connectivity index (χ4n) is 2.01. The molecule has 1 aliphatic heterocycles. The standard InChI is InChI=1S/C13H18OS/c1-3-12-6-4-11-8-10(9(2)14)5-7-13(11)15-12/h5,7-9,12,14H,3-4,6H2,1-2H3. The van der Waals surface area contributed by atoms with Crippen molar-refractivity contribution in [2.75, 3.05) is 0 Å². The van der Waals surface area contributed by atoms with Gasteiger partial charge in [0.2, 0.25) is 0 Å². The number of aliphatic hydroxyl groups excluding tert-OH is 1. The van der Waals surface area contributed by atoms with Crippen LogP contribution < -0.4 is 0 Å². The highest BCUT2D eigenvalue weighted by Gasteiger charge is 2.18. The fourth-order valence-corrected chi connectivity index (χ4v) is 3.23. The van der Waals surface area contributed by atoms with E-state index < -0.39 is 0 Å². The molecular formula is C13H18OS. The Hall–Kier alpha value is -0.470. The van der Waals surface area contributed by atoms with Crippen molar-refractivity contribution in [1.29, 1.82) is 0 Å². The van der Waals surface area contributed by atoms with Crippen LogP contribution in [0.25, 0.3) is 0 Å². The Labute approximate surface area is 95.9 Å². The van der Waals surface area contributed by atoms with E-state index in [4.69, 9.17) is 0 Å². The van der Waals surface area contributed by atoms with E-state index in [2.05, 4.69) is 25.1 Å². The van der Waals surface area contributed by atoms with Gasteiger partial charge in [-0.05, 0) is 43.4 Å². The van der Waals surface area contributed by atoms with Crippen molar-refractivity contribution in [3.8, 4) is 0 Å². The van der Waals surface area contributed by atoms with Crippen LogP contribution >= 0.6 is 11.8 Å². The molecule has 15 heavy (non-hydrogen) atoms. The Balaban J connectivity index is 2.24. The van der Waals surface area contributed by atoms with Gasteiger partial charge in [-0.1, -0.05) is 19.1 Å². The molecule has 0 aromatic heterocycles. The molecule has 1 aromatic carbocycles. The quantitative estimate of drug-likeness (QED) is 0.825. The van der Waals surface area contributed by atoms with Gasteiger partial charge in [-0.3, -0.25) is 0 Å². The molecular weight excluding hydrogens is 204 g/mol. The Bertz CT molecular complexity index is 346. The number of fused-ring (bicyclic) bond motifs is 1. The Kier molecular flexibility index (Phi) is 3.37. The molecule has 1 heterocycles. The van der Waals surface area contributed by atoms with E-state index in [1.165, 1.54) is 29.7 Å². The van der Waals surface area contributed by atoms with Gasteiger partial charge < -0.3 is 5.11 Å². The largest absolute Gasteiger partial charge is 0.389 e. The van der Waals surface area contributed by atoms with Crippen LogP contribution in [0.3, 0.4) is 0 Å². The number of rotatable bonds is 2. The highest BCUT2D eigenvalue weighted by atomic mass is 32.2. The van der Waals surface area contributed by atoms with Crippen molar-refractivity contribution >= 4 is 11.8 Å². The first-order valence-electron chi connectivity index (χ1n) is 5.68. The normalized spacial score (nSPS) is 22.2. The number of hydrogen-bond acceptors (Lipinski definition) is 2. The monoisotopic (exact) mass is 222 g/mol. The first-order valence-corrected chi connectivity index (χ1v) is 6.56. The molecule has 0 bridgehead atoms. The molecule has 2 unspecified atom stereocenters. The predicted octanol–water partition coefficient (Wildman–Crippen LogP) is 3.56. The van der Waals surface area contributed by atoms with Gasteiger partial charge in [0.15, 0.2) is 0 Å². The van der Waals surface area contributed by atoms with E-state index >= 15 is 0 Å². The molecule has 2 heteroatoms. The summed E-state index contributed by atoms with van der Waals surface area (Å²) in [5.74, 6) is 0. The van der Waals surface area contributed by atoms with Crippen LogP contribution in [0.4, 0.5) is 0 Å². The van der Waals surface area contributed by atoms with E-state index in [1.807, 2.05) is 18.7 Å². The minimum absolute atomic E-state index is 0.343. The highest BCUT2D eigenvalue weighted by Crippen LogP contribution is 2.37. The van der Waals surface area contributed by atoms with Crippen LogP contribution in [0.5, 0.6) is 0 Å². The molecule has 0 amide bonds. The first kappa shape index (κ1) is 11.0. The van der Waals surface area contributed by atoms with Crippen molar-refractivity contribution in [2.24, 2.45) is 0 Å². The molecule has 0 aliphatic carbocycles. The maximum atomic E-state index is 9.52. The summed E-state index contributed by atoms with van der Waals surface area (Å²) in [4.78, 5) is 1.41. The summed E-state index contributed by atoms with van der Waals surface area (Å²) in [5, 5.41) is 10.3. The lowest BCUT2D eigenvalue weighted by Crippen LogP contribution is -2.10. The Morgan fingerprint density at radius 1 is 1.53 bits per heavy atom. The molecule has 0 radical (unpaired) electrons. The van der Waals surface area contributed by atoms with Crippen molar-refractivity contribution in [1.82, 2.24) is 0 Å². The molecule has 0 saturated carbocycles. The molecule has 2 rings (SSSR count). The maximum Gasteiger partial charge on any atom is 0.0762 e. The van der Waals surface area contributed by atoms with Gasteiger partial charge in [0, 0.05) is 10.1 Å². The van der Waals surface area contributed by atoms with Crippen molar-refractivity contribution in [3.63, 3.8) is 0 Å². The zero-order valence-corrected chi connectivity index (χ0v) is 10.2. The third-order valence-corrected chi connectivity index (χ3v) is 4.61. The van der Waals surface area contributed by atoms with E-state index in [9.17, 15) is 5.11 Å². The summed E-state index contributed by atoms with van der Waals surface area (Å²) in [6.07, 6.45) is 3.35. The minimum Gasteiger partial charge on any atom is -0.389 e. The van der Waals surface area contributed by atoms with Gasteiger partial charge in [-0.15, -0.1) is 11.8 Å². The molecule has 1 N–H and O–H groups in total. The number of hydrogen-bond donors (Lipinski definition) is 1.